The quantitative estimate of drug-likeness (QED) is 0.621. The lowest BCUT2D eigenvalue weighted by Crippen LogP contribution is -2.43. The summed E-state index contributed by atoms with van der Waals surface area (Å²) in [6.45, 7) is 0.988. The Kier molecular flexibility index (Phi) is 7.12. The van der Waals surface area contributed by atoms with E-state index in [-0.39, 0.29) is 12.3 Å². The number of rotatable bonds is 7. The molecular formula is C18H19N3O6. The maximum atomic E-state index is 11.8. The van der Waals surface area contributed by atoms with Gasteiger partial charge in [-0.05, 0) is 24.6 Å². The second-order valence-electron chi connectivity index (χ2n) is 5.50. The molecule has 4 amide bonds. The Morgan fingerprint density at radius 2 is 1.81 bits per heavy atom. The van der Waals surface area contributed by atoms with Gasteiger partial charge < -0.3 is 19.8 Å². The SMILES string of the molecule is C[C@H](NC(=O)c1ccco1)C(=O)OCC(=O)NC(=O)NCc1ccccc1. The zero-order valence-electron chi connectivity index (χ0n) is 14.6. The highest BCUT2D eigenvalue weighted by Crippen LogP contribution is 2.00. The third-order valence-electron chi connectivity index (χ3n) is 3.34. The molecule has 0 spiro atoms. The predicted molar refractivity (Wildman–Crippen MR) is 93.4 cm³/mol. The van der Waals surface area contributed by atoms with Crippen LogP contribution in [0.25, 0.3) is 0 Å². The van der Waals surface area contributed by atoms with Gasteiger partial charge in [-0.15, -0.1) is 0 Å². The van der Waals surface area contributed by atoms with Crippen molar-refractivity contribution in [2.75, 3.05) is 6.61 Å². The Morgan fingerprint density at radius 1 is 1.07 bits per heavy atom. The number of hydrogen-bond donors (Lipinski definition) is 3. The van der Waals surface area contributed by atoms with E-state index < -0.39 is 36.5 Å². The topological polar surface area (TPSA) is 127 Å². The van der Waals surface area contributed by atoms with Crippen molar-refractivity contribution < 1.29 is 28.3 Å². The molecule has 0 aliphatic carbocycles. The zero-order chi connectivity index (χ0) is 19.6. The Hall–Kier alpha value is -3.62. The predicted octanol–water partition coefficient (Wildman–Crippen LogP) is 0.967. The van der Waals surface area contributed by atoms with E-state index in [0.29, 0.717) is 0 Å². The third-order valence-corrected chi connectivity index (χ3v) is 3.34. The van der Waals surface area contributed by atoms with Crippen molar-refractivity contribution in [3.05, 3.63) is 60.1 Å². The van der Waals surface area contributed by atoms with Gasteiger partial charge in [0.05, 0.1) is 6.26 Å². The van der Waals surface area contributed by atoms with Crippen molar-refractivity contribution in [1.82, 2.24) is 16.0 Å². The number of carbonyl (C=O) groups excluding carboxylic acids is 4. The standard InChI is InChI=1S/C18H19N3O6/c1-12(20-16(23)14-8-5-9-26-14)17(24)27-11-15(22)21-18(25)19-10-13-6-3-2-4-7-13/h2-9,12H,10-11H2,1H3,(H,20,23)(H2,19,21,22,25)/t12-/m0/s1. The molecule has 1 heterocycles. The molecule has 0 saturated carbocycles. The molecule has 2 rings (SSSR count). The average Bonchev–Trinajstić information content (AvgIpc) is 3.20. The summed E-state index contributed by atoms with van der Waals surface area (Å²) in [5.41, 5.74) is 0.868. The van der Waals surface area contributed by atoms with Gasteiger partial charge in [-0.2, -0.15) is 0 Å². The first-order valence-corrected chi connectivity index (χ1v) is 8.08. The highest BCUT2D eigenvalue weighted by atomic mass is 16.5. The van der Waals surface area contributed by atoms with E-state index >= 15 is 0 Å². The summed E-state index contributed by atoms with van der Waals surface area (Å²) < 4.78 is 9.67. The van der Waals surface area contributed by atoms with Gasteiger partial charge in [0.15, 0.2) is 12.4 Å². The molecule has 1 aromatic carbocycles. The second-order valence-corrected chi connectivity index (χ2v) is 5.50. The Bertz CT molecular complexity index is 789. The van der Waals surface area contributed by atoms with E-state index in [4.69, 9.17) is 9.15 Å². The van der Waals surface area contributed by atoms with Crippen molar-refractivity contribution in [3.63, 3.8) is 0 Å². The summed E-state index contributed by atoms with van der Waals surface area (Å²) in [5.74, 6) is -2.16. The maximum Gasteiger partial charge on any atom is 0.328 e. The first kappa shape index (κ1) is 19.7. The fourth-order valence-corrected chi connectivity index (χ4v) is 1.98. The second kappa shape index (κ2) is 9.76. The van der Waals surface area contributed by atoms with Gasteiger partial charge in [0.2, 0.25) is 0 Å². The number of furan rings is 1. The van der Waals surface area contributed by atoms with E-state index in [1.165, 1.54) is 25.3 Å². The van der Waals surface area contributed by atoms with Crippen molar-refractivity contribution in [2.45, 2.75) is 19.5 Å². The lowest BCUT2D eigenvalue weighted by molar-refractivity contribution is -0.149. The molecule has 1 aromatic heterocycles. The van der Waals surface area contributed by atoms with Crippen molar-refractivity contribution in [3.8, 4) is 0 Å². The number of urea groups is 1. The summed E-state index contributed by atoms with van der Waals surface area (Å²) in [5, 5.41) is 6.91. The number of ether oxygens (including phenoxy) is 1. The van der Waals surface area contributed by atoms with Gasteiger partial charge in [0, 0.05) is 6.54 Å². The average molecular weight is 373 g/mol. The van der Waals surface area contributed by atoms with Crippen molar-refractivity contribution in [1.29, 1.82) is 0 Å². The minimum atomic E-state index is -0.998. The summed E-state index contributed by atoms with van der Waals surface area (Å²) >= 11 is 0. The number of nitrogens with one attached hydrogen (secondary N) is 3. The molecule has 0 aliphatic rings. The van der Waals surface area contributed by atoms with Crippen LogP contribution in [-0.2, 0) is 20.9 Å². The largest absolute Gasteiger partial charge is 0.459 e. The van der Waals surface area contributed by atoms with E-state index in [1.54, 1.807) is 0 Å². The molecule has 0 radical (unpaired) electrons. The van der Waals surface area contributed by atoms with Crippen LogP contribution in [-0.4, -0.2) is 36.5 Å². The minimum Gasteiger partial charge on any atom is -0.459 e. The number of esters is 1. The van der Waals surface area contributed by atoms with Crippen molar-refractivity contribution >= 4 is 23.8 Å². The lowest BCUT2D eigenvalue weighted by Gasteiger charge is -2.12. The van der Waals surface area contributed by atoms with Crippen LogP contribution in [0.15, 0.2) is 53.1 Å². The van der Waals surface area contributed by atoms with Crippen molar-refractivity contribution in [2.24, 2.45) is 0 Å². The molecule has 0 fully saturated rings. The lowest BCUT2D eigenvalue weighted by atomic mass is 10.2. The molecule has 0 saturated heterocycles. The van der Waals surface area contributed by atoms with Crippen LogP contribution in [0.3, 0.4) is 0 Å². The summed E-state index contributed by atoms with van der Waals surface area (Å²) in [4.78, 5) is 46.8. The maximum absolute atomic E-state index is 11.8. The smallest absolute Gasteiger partial charge is 0.328 e. The number of benzene rings is 1. The first-order valence-electron chi connectivity index (χ1n) is 8.08. The molecule has 1 atom stereocenters. The van der Waals surface area contributed by atoms with E-state index in [1.807, 2.05) is 35.6 Å². The monoisotopic (exact) mass is 373 g/mol. The molecule has 9 heteroatoms. The van der Waals surface area contributed by atoms with Gasteiger partial charge in [-0.3, -0.25) is 14.9 Å². The fourth-order valence-electron chi connectivity index (χ4n) is 1.98. The number of imide groups is 1. The normalized spacial score (nSPS) is 11.1. The molecule has 9 nitrogen and oxygen atoms in total. The number of carbonyl (C=O) groups is 4. The highest BCUT2D eigenvalue weighted by molar-refractivity contribution is 5.96. The van der Waals surface area contributed by atoms with Gasteiger partial charge in [-0.1, -0.05) is 30.3 Å². The molecular weight excluding hydrogens is 354 g/mol. The van der Waals surface area contributed by atoms with Gasteiger partial charge in [-0.25, -0.2) is 9.59 Å². The molecule has 142 valence electrons. The Morgan fingerprint density at radius 3 is 2.48 bits per heavy atom. The summed E-state index contributed by atoms with van der Waals surface area (Å²) in [7, 11) is 0. The Balaban J connectivity index is 1.67. The summed E-state index contributed by atoms with van der Waals surface area (Å²) in [6.07, 6.45) is 1.32. The Labute approximate surface area is 155 Å². The van der Waals surface area contributed by atoms with Gasteiger partial charge in [0.25, 0.3) is 11.8 Å². The summed E-state index contributed by atoms with van der Waals surface area (Å²) in [6, 6.07) is 10.4. The van der Waals surface area contributed by atoms with Crippen LogP contribution in [0.1, 0.15) is 23.0 Å². The first-order chi connectivity index (χ1) is 13.0. The molecule has 27 heavy (non-hydrogen) atoms. The van der Waals surface area contributed by atoms with Gasteiger partial charge >= 0.3 is 12.0 Å². The number of hydrogen-bond acceptors (Lipinski definition) is 6. The molecule has 0 aliphatic heterocycles. The minimum absolute atomic E-state index is 0.0440. The van der Waals surface area contributed by atoms with Crippen LogP contribution in [0.4, 0.5) is 4.79 Å². The van der Waals surface area contributed by atoms with Gasteiger partial charge in [0.1, 0.15) is 6.04 Å². The molecule has 0 bridgehead atoms. The van der Waals surface area contributed by atoms with Crippen LogP contribution in [0, 0.1) is 0 Å². The van der Waals surface area contributed by atoms with E-state index in [9.17, 15) is 19.2 Å². The number of amides is 4. The molecule has 2 aromatic rings. The van der Waals surface area contributed by atoms with E-state index in [2.05, 4.69) is 10.6 Å². The molecule has 3 N–H and O–H groups in total. The van der Waals surface area contributed by atoms with Crippen LogP contribution < -0.4 is 16.0 Å². The molecule has 0 unspecified atom stereocenters. The highest BCUT2D eigenvalue weighted by Gasteiger charge is 2.20. The zero-order valence-corrected chi connectivity index (χ0v) is 14.6. The van der Waals surface area contributed by atoms with Crippen LogP contribution in [0.2, 0.25) is 0 Å². The third kappa shape index (κ3) is 6.65. The fraction of sp³-hybridized carbons (Fsp3) is 0.222. The van der Waals surface area contributed by atoms with E-state index in [0.717, 1.165) is 5.56 Å². The van der Waals surface area contributed by atoms with Crippen LogP contribution in [0.5, 0.6) is 0 Å². The van der Waals surface area contributed by atoms with Crippen LogP contribution >= 0.6 is 0 Å².